The predicted molar refractivity (Wildman–Crippen MR) is 82.3 cm³/mol. The third-order valence-corrected chi connectivity index (χ3v) is 3.39. The molecule has 4 nitrogen and oxygen atoms in total. The highest BCUT2D eigenvalue weighted by Crippen LogP contribution is 2.29. The molecule has 0 radical (unpaired) electrons. The first kappa shape index (κ1) is 17.5. The van der Waals surface area contributed by atoms with E-state index < -0.39 is 23.6 Å². The van der Waals surface area contributed by atoms with Crippen LogP contribution in [0.3, 0.4) is 0 Å². The van der Waals surface area contributed by atoms with Gasteiger partial charge in [-0.2, -0.15) is 13.2 Å². The molecule has 0 bridgehead atoms. The molecule has 0 aromatic heterocycles. The molecule has 0 unspecified atom stereocenters. The Balaban J connectivity index is 2.01. The van der Waals surface area contributed by atoms with E-state index in [2.05, 4.69) is 10.9 Å². The Morgan fingerprint density at radius 1 is 0.875 bits per heavy atom. The molecule has 0 aliphatic heterocycles. The van der Waals surface area contributed by atoms with E-state index in [4.69, 9.17) is 0 Å². The van der Waals surface area contributed by atoms with Crippen LogP contribution in [0.15, 0.2) is 42.5 Å². The number of amides is 2. The molecule has 24 heavy (non-hydrogen) atoms. The molecule has 2 aromatic rings. The Morgan fingerprint density at radius 3 is 2.00 bits per heavy atom. The third-order valence-electron chi connectivity index (χ3n) is 3.39. The van der Waals surface area contributed by atoms with E-state index in [0.29, 0.717) is 5.56 Å². The van der Waals surface area contributed by atoms with Gasteiger partial charge in [0.05, 0.1) is 5.56 Å². The van der Waals surface area contributed by atoms with Gasteiger partial charge in [-0.3, -0.25) is 20.4 Å². The van der Waals surface area contributed by atoms with Gasteiger partial charge in [0.2, 0.25) is 0 Å². The summed E-state index contributed by atoms with van der Waals surface area (Å²) in [5.41, 5.74) is 5.72. The number of benzene rings is 2. The van der Waals surface area contributed by atoms with Gasteiger partial charge in [0.25, 0.3) is 11.8 Å². The van der Waals surface area contributed by atoms with Crippen molar-refractivity contribution in [3.05, 3.63) is 70.3 Å². The van der Waals surface area contributed by atoms with Crippen molar-refractivity contribution in [2.75, 3.05) is 0 Å². The van der Waals surface area contributed by atoms with E-state index in [0.717, 1.165) is 35.4 Å². The molecule has 2 amide bonds. The van der Waals surface area contributed by atoms with E-state index in [1.807, 2.05) is 13.0 Å². The molecular formula is C17H15F3N2O2. The van der Waals surface area contributed by atoms with Crippen LogP contribution in [-0.2, 0) is 6.18 Å². The van der Waals surface area contributed by atoms with Gasteiger partial charge < -0.3 is 0 Å². The average molecular weight is 336 g/mol. The van der Waals surface area contributed by atoms with Crippen LogP contribution in [0.5, 0.6) is 0 Å². The Labute approximate surface area is 136 Å². The first-order chi connectivity index (χ1) is 11.2. The highest BCUT2D eigenvalue weighted by Gasteiger charge is 2.30. The average Bonchev–Trinajstić information content (AvgIpc) is 2.51. The largest absolute Gasteiger partial charge is 0.416 e. The number of hydrogen-bond acceptors (Lipinski definition) is 2. The van der Waals surface area contributed by atoms with Gasteiger partial charge in [0.1, 0.15) is 0 Å². The Morgan fingerprint density at radius 2 is 1.46 bits per heavy atom. The molecule has 0 saturated carbocycles. The van der Waals surface area contributed by atoms with E-state index in [1.54, 1.807) is 19.1 Å². The number of carbonyl (C=O) groups is 2. The van der Waals surface area contributed by atoms with Crippen LogP contribution < -0.4 is 10.9 Å². The second-order valence-electron chi connectivity index (χ2n) is 5.30. The lowest BCUT2D eigenvalue weighted by molar-refractivity contribution is -0.137. The number of hydrazine groups is 1. The first-order valence-corrected chi connectivity index (χ1v) is 7.03. The van der Waals surface area contributed by atoms with Gasteiger partial charge in [-0.25, -0.2) is 0 Å². The molecule has 0 heterocycles. The minimum atomic E-state index is -4.47. The molecule has 0 aliphatic rings. The summed E-state index contributed by atoms with van der Waals surface area (Å²) in [4.78, 5) is 23.9. The third kappa shape index (κ3) is 4.13. The molecule has 2 N–H and O–H groups in total. The summed E-state index contributed by atoms with van der Waals surface area (Å²) in [6.45, 7) is 3.65. The maximum absolute atomic E-state index is 12.5. The summed E-state index contributed by atoms with van der Waals surface area (Å²) >= 11 is 0. The number of aryl methyl sites for hydroxylation is 2. The lowest BCUT2D eigenvalue weighted by Gasteiger charge is -2.10. The quantitative estimate of drug-likeness (QED) is 0.826. The minimum Gasteiger partial charge on any atom is -0.267 e. The van der Waals surface area contributed by atoms with E-state index in [1.165, 1.54) is 0 Å². The Bertz CT molecular complexity index is 768. The van der Waals surface area contributed by atoms with Gasteiger partial charge >= 0.3 is 6.18 Å². The normalized spacial score (nSPS) is 11.0. The molecule has 2 rings (SSSR count). The fraction of sp³-hybridized carbons (Fsp3) is 0.176. The molecule has 0 saturated heterocycles. The van der Waals surface area contributed by atoms with E-state index in [9.17, 15) is 22.8 Å². The maximum Gasteiger partial charge on any atom is 0.416 e. The summed E-state index contributed by atoms with van der Waals surface area (Å²) < 4.78 is 37.4. The zero-order valence-corrected chi connectivity index (χ0v) is 13.0. The summed E-state index contributed by atoms with van der Waals surface area (Å²) in [5.74, 6) is -1.21. The van der Waals surface area contributed by atoms with Gasteiger partial charge in [-0.15, -0.1) is 0 Å². The van der Waals surface area contributed by atoms with Gasteiger partial charge in [-0.05, 0) is 49.7 Å². The van der Waals surface area contributed by atoms with E-state index in [-0.39, 0.29) is 5.56 Å². The summed E-state index contributed by atoms with van der Waals surface area (Å²) in [6, 6.07) is 8.92. The minimum absolute atomic E-state index is 0.00364. The van der Waals surface area contributed by atoms with Crippen molar-refractivity contribution in [2.24, 2.45) is 0 Å². The molecule has 0 fully saturated rings. The highest BCUT2D eigenvalue weighted by molar-refractivity contribution is 5.99. The van der Waals surface area contributed by atoms with Crippen LogP contribution in [-0.4, -0.2) is 11.8 Å². The highest BCUT2D eigenvalue weighted by atomic mass is 19.4. The zero-order valence-electron chi connectivity index (χ0n) is 13.0. The van der Waals surface area contributed by atoms with Crippen molar-refractivity contribution in [3.8, 4) is 0 Å². The second kappa shape index (κ2) is 6.74. The van der Waals surface area contributed by atoms with Crippen molar-refractivity contribution in [1.29, 1.82) is 0 Å². The number of rotatable bonds is 2. The van der Waals surface area contributed by atoms with Gasteiger partial charge in [0.15, 0.2) is 0 Å². The molecule has 0 aliphatic carbocycles. The standard InChI is InChI=1S/C17H15F3N2O2/c1-10-3-8-14(11(2)9-10)16(24)22-21-15(23)12-4-6-13(7-5-12)17(18,19)20/h3-9H,1-2H3,(H,21,23)(H,22,24). The number of carbonyl (C=O) groups excluding carboxylic acids is 2. The lowest BCUT2D eigenvalue weighted by atomic mass is 10.1. The number of hydrogen-bond donors (Lipinski definition) is 2. The molecule has 126 valence electrons. The number of alkyl halides is 3. The van der Waals surface area contributed by atoms with Crippen molar-refractivity contribution in [1.82, 2.24) is 10.9 Å². The fourth-order valence-electron chi connectivity index (χ4n) is 2.13. The van der Waals surface area contributed by atoms with E-state index >= 15 is 0 Å². The molecule has 0 spiro atoms. The second-order valence-corrected chi connectivity index (χ2v) is 5.30. The van der Waals surface area contributed by atoms with Crippen molar-refractivity contribution < 1.29 is 22.8 Å². The van der Waals surface area contributed by atoms with Crippen LogP contribution in [0.25, 0.3) is 0 Å². The lowest BCUT2D eigenvalue weighted by Crippen LogP contribution is -2.41. The topological polar surface area (TPSA) is 58.2 Å². The van der Waals surface area contributed by atoms with Crippen LogP contribution in [0.1, 0.15) is 37.4 Å². The predicted octanol–water partition coefficient (Wildman–Crippen LogP) is 3.40. The number of halogens is 3. The number of nitrogens with one attached hydrogen (secondary N) is 2. The summed E-state index contributed by atoms with van der Waals surface area (Å²) in [7, 11) is 0. The fourth-order valence-corrected chi connectivity index (χ4v) is 2.13. The van der Waals surface area contributed by atoms with Crippen molar-refractivity contribution in [2.45, 2.75) is 20.0 Å². The smallest absolute Gasteiger partial charge is 0.267 e. The van der Waals surface area contributed by atoms with Crippen molar-refractivity contribution in [3.63, 3.8) is 0 Å². The first-order valence-electron chi connectivity index (χ1n) is 7.03. The van der Waals surface area contributed by atoms with Gasteiger partial charge in [-0.1, -0.05) is 17.7 Å². The molecule has 7 heteroatoms. The Kier molecular flexibility index (Phi) is 4.92. The molecular weight excluding hydrogens is 321 g/mol. The molecule has 2 aromatic carbocycles. The van der Waals surface area contributed by atoms with Crippen molar-refractivity contribution >= 4 is 11.8 Å². The zero-order chi connectivity index (χ0) is 17.9. The summed E-state index contributed by atoms with van der Waals surface area (Å²) in [6.07, 6.45) is -4.47. The van der Waals surface area contributed by atoms with Crippen LogP contribution >= 0.6 is 0 Å². The van der Waals surface area contributed by atoms with Crippen LogP contribution in [0.4, 0.5) is 13.2 Å². The van der Waals surface area contributed by atoms with Crippen LogP contribution in [0.2, 0.25) is 0 Å². The Hall–Kier alpha value is -2.83. The monoisotopic (exact) mass is 336 g/mol. The molecule has 0 atom stereocenters. The van der Waals surface area contributed by atoms with Crippen LogP contribution in [0, 0.1) is 13.8 Å². The summed E-state index contributed by atoms with van der Waals surface area (Å²) in [5, 5.41) is 0. The maximum atomic E-state index is 12.5. The van der Waals surface area contributed by atoms with Gasteiger partial charge in [0, 0.05) is 11.1 Å². The SMILES string of the molecule is Cc1ccc(C(=O)NNC(=O)c2ccc(C(F)(F)F)cc2)c(C)c1.